The summed E-state index contributed by atoms with van der Waals surface area (Å²) in [5.41, 5.74) is 11.2. The average molecular weight is 393 g/mol. The Labute approximate surface area is 168 Å². The normalized spacial score (nSPS) is 11.2. The number of aromatic nitrogens is 4. The molecule has 6 nitrogen and oxygen atoms in total. The molecule has 0 unspecified atom stereocenters. The van der Waals surface area contributed by atoms with Crippen molar-refractivity contribution in [1.29, 1.82) is 0 Å². The molecule has 3 N–H and O–H groups in total. The Hall–Kier alpha value is -2.93. The fourth-order valence-corrected chi connectivity index (χ4v) is 3.87. The molecular weight excluding hydrogens is 368 g/mol. The number of nitrogen functional groups attached to an aromatic ring is 1. The number of imidazole rings is 1. The Morgan fingerprint density at radius 1 is 1.07 bits per heavy atom. The number of benzene rings is 1. The number of hydrogen-bond donors (Lipinski definition) is 2. The van der Waals surface area contributed by atoms with Gasteiger partial charge in [0.25, 0.3) is 0 Å². The van der Waals surface area contributed by atoms with Crippen molar-refractivity contribution in [3.8, 4) is 11.1 Å². The van der Waals surface area contributed by atoms with Gasteiger partial charge in [-0.1, -0.05) is 44.0 Å². The largest absolute Gasteiger partial charge is 0.368 e. The van der Waals surface area contributed by atoms with E-state index in [2.05, 4.69) is 72.9 Å². The molecule has 3 aromatic heterocycles. The summed E-state index contributed by atoms with van der Waals surface area (Å²) in [6.45, 7) is 3.74. The molecule has 3 heterocycles. The van der Waals surface area contributed by atoms with Crippen LogP contribution in [0.25, 0.3) is 22.3 Å². The molecule has 1 aromatic carbocycles. The SMILES string of the molecule is CCCCCn1cnc2c(NCc3ccc(-c4ccsc4)cc3)nc(N)nc21. The van der Waals surface area contributed by atoms with Crippen LogP contribution in [0.4, 0.5) is 11.8 Å². The summed E-state index contributed by atoms with van der Waals surface area (Å²) in [5.74, 6) is 0.943. The molecule has 4 aromatic rings. The molecule has 0 aliphatic heterocycles. The van der Waals surface area contributed by atoms with E-state index in [1.807, 2.05) is 6.33 Å². The number of nitrogens with zero attached hydrogens (tertiary/aromatic N) is 4. The van der Waals surface area contributed by atoms with Crippen LogP contribution in [0.3, 0.4) is 0 Å². The van der Waals surface area contributed by atoms with Gasteiger partial charge in [-0.05, 0) is 39.9 Å². The first-order valence-electron chi connectivity index (χ1n) is 9.58. The Kier molecular flexibility index (Phi) is 5.53. The first kappa shape index (κ1) is 18.4. The highest BCUT2D eigenvalue weighted by molar-refractivity contribution is 7.08. The number of unbranched alkanes of at least 4 members (excludes halogenated alkanes) is 2. The topological polar surface area (TPSA) is 81.7 Å². The summed E-state index contributed by atoms with van der Waals surface area (Å²) in [7, 11) is 0. The zero-order valence-corrected chi connectivity index (χ0v) is 16.7. The monoisotopic (exact) mass is 392 g/mol. The van der Waals surface area contributed by atoms with Crippen molar-refractivity contribution in [2.45, 2.75) is 39.3 Å². The summed E-state index contributed by atoms with van der Waals surface area (Å²) < 4.78 is 2.06. The number of thiophene rings is 1. The lowest BCUT2D eigenvalue weighted by Gasteiger charge is -2.09. The molecule has 4 rings (SSSR count). The molecule has 0 bridgehead atoms. The zero-order chi connectivity index (χ0) is 19.3. The van der Waals surface area contributed by atoms with E-state index in [4.69, 9.17) is 5.73 Å². The predicted octanol–water partition coefficient (Wildman–Crippen LogP) is 4.94. The Morgan fingerprint density at radius 3 is 2.68 bits per heavy atom. The summed E-state index contributed by atoms with van der Waals surface area (Å²) in [6.07, 6.45) is 5.30. The van der Waals surface area contributed by atoms with Crippen molar-refractivity contribution in [2.24, 2.45) is 0 Å². The highest BCUT2D eigenvalue weighted by Crippen LogP contribution is 2.24. The van der Waals surface area contributed by atoms with E-state index in [9.17, 15) is 0 Å². The third kappa shape index (κ3) is 3.99. The third-order valence-electron chi connectivity index (χ3n) is 4.75. The van der Waals surface area contributed by atoms with Gasteiger partial charge in [-0.2, -0.15) is 21.3 Å². The number of anilines is 2. The lowest BCUT2D eigenvalue weighted by atomic mass is 10.1. The molecular formula is C21H24N6S. The quantitative estimate of drug-likeness (QED) is 0.415. The van der Waals surface area contributed by atoms with Gasteiger partial charge in [-0.25, -0.2) is 4.98 Å². The highest BCUT2D eigenvalue weighted by atomic mass is 32.1. The summed E-state index contributed by atoms with van der Waals surface area (Å²) in [6, 6.07) is 10.7. The lowest BCUT2D eigenvalue weighted by Crippen LogP contribution is -2.07. The van der Waals surface area contributed by atoms with Crippen LogP contribution in [0.5, 0.6) is 0 Å². The molecule has 0 spiro atoms. The van der Waals surface area contributed by atoms with Crippen LogP contribution in [0.1, 0.15) is 31.7 Å². The van der Waals surface area contributed by atoms with Gasteiger partial charge in [0, 0.05) is 13.1 Å². The van der Waals surface area contributed by atoms with Gasteiger partial charge >= 0.3 is 0 Å². The summed E-state index contributed by atoms with van der Waals surface area (Å²) in [5, 5.41) is 7.63. The van der Waals surface area contributed by atoms with E-state index in [-0.39, 0.29) is 5.95 Å². The van der Waals surface area contributed by atoms with Crippen molar-refractivity contribution in [1.82, 2.24) is 19.5 Å². The molecule has 144 valence electrons. The molecule has 28 heavy (non-hydrogen) atoms. The molecule has 0 atom stereocenters. The van der Waals surface area contributed by atoms with Crippen LogP contribution in [0.2, 0.25) is 0 Å². The average Bonchev–Trinajstić information content (AvgIpc) is 3.37. The first-order valence-corrected chi connectivity index (χ1v) is 10.5. The van der Waals surface area contributed by atoms with Crippen molar-refractivity contribution in [3.05, 3.63) is 53.0 Å². The fourth-order valence-electron chi connectivity index (χ4n) is 3.21. The smallest absolute Gasteiger partial charge is 0.224 e. The predicted molar refractivity (Wildman–Crippen MR) is 116 cm³/mol. The minimum absolute atomic E-state index is 0.264. The Morgan fingerprint density at radius 2 is 1.93 bits per heavy atom. The molecule has 0 fully saturated rings. The summed E-state index contributed by atoms with van der Waals surface area (Å²) >= 11 is 1.71. The van der Waals surface area contributed by atoms with E-state index in [0.717, 1.165) is 24.1 Å². The summed E-state index contributed by atoms with van der Waals surface area (Å²) in [4.78, 5) is 13.3. The van der Waals surface area contributed by atoms with Crippen LogP contribution in [0, 0.1) is 0 Å². The standard InChI is InChI=1S/C21H24N6S/c1-2-3-4-10-27-14-24-18-19(25-21(22)26-20(18)27)23-12-15-5-7-16(8-6-15)17-9-11-28-13-17/h5-9,11,13-14H,2-4,10,12H2,1H3,(H3,22,23,25,26). The minimum Gasteiger partial charge on any atom is -0.368 e. The number of nitrogens with one attached hydrogen (secondary N) is 1. The Bertz CT molecular complexity index is 1040. The van der Waals surface area contributed by atoms with E-state index < -0.39 is 0 Å². The van der Waals surface area contributed by atoms with Gasteiger partial charge < -0.3 is 15.6 Å². The molecule has 0 radical (unpaired) electrons. The Balaban J connectivity index is 1.50. The number of rotatable bonds is 8. The first-order chi connectivity index (χ1) is 13.7. The van der Waals surface area contributed by atoms with Gasteiger partial charge in [-0.15, -0.1) is 0 Å². The zero-order valence-electron chi connectivity index (χ0n) is 15.9. The number of hydrogen-bond acceptors (Lipinski definition) is 6. The molecule has 0 aliphatic carbocycles. The van der Waals surface area contributed by atoms with Crippen LogP contribution >= 0.6 is 11.3 Å². The van der Waals surface area contributed by atoms with Gasteiger partial charge in [0.15, 0.2) is 17.0 Å². The lowest BCUT2D eigenvalue weighted by molar-refractivity contribution is 0.610. The van der Waals surface area contributed by atoms with E-state index >= 15 is 0 Å². The maximum absolute atomic E-state index is 5.95. The number of nitrogens with two attached hydrogens (primary N) is 1. The van der Waals surface area contributed by atoms with E-state index in [0.29, 0.717) is 12.4 Å². The van der Waals surface area contributed by atoms with Crippen LogP contribution in [-0.4, -0.2) is 19.5 Å². The minimum atomic E-state index is 0.264. The highest BCUT2D eigenvalue weighted by Gasteiger charge is 2.12. The molecule has 0 amide bonds. The maximum Gasteiger partial charge on any atom is 0.224 e. The van der Waals surface area contributed by atoms with Gasteiger partial charge in [0.2, 0.25) is 5.95 Å². The van der Waals surface area contributed by atoms with Crippen LogP contribution < -0.4 is 11.1 Å². The van der Waals surface area contributed by atoms with E-state index in [1.54, 1.807) is 11.3 Å². The molecule has 0 saturated carbocycles. The second-order valence-electron chi connectivity index (χ2n) is 6.81. The number of fused-ring (bicyclic) bond motifs is 1. The van der Waals surface area contributed by atoms with Gasteiger partial charge in [0.1, 0.15) is 0 Å². The van der Waals surface area contributed by atoms with Crippen molar-refractivity contribution >= 4 is 34.3 Å². The molecule has 0 aliphatic rings. The van der Waals surface area contributed by atoms with Crippen molar-refractivity contribution < 1.29 is 0 Å². The maximum atomic E-state index is 5.95. The molecule has 0 saturated heterocycles. The van der Waals surface area contributed by atoms with E-state index in [1.165, 1.54) is 29.5 Å². The van der Waals surface area contributed by atoms with Crippen LogP contribution in [-0.2, 0) is 13.1 Å². The third-order valence-corrected chi connectivity index (χ3v) is 5.44. The second-order valence-corrected chi connectivity index (χ2v) is 7.59. The van der Waals surface area contributed by atoms with Crippen LogP contribution in [0.15, 0.2) is 47.4 Å². The molecule has 7 heteroatoms. The number of aryl methyl sites for hydroxylation is 1. The van der Waals surface area contributed by atoms with Crippen molar-refractivity contribution in [3.63, 3.8) is 0 Å². The fraction of sp³-hybridized carbons (Fsp3) is 0.286. The van der Waals surface area contributed by atoms with Gasteiger partial charge in [-0.3, -0.25) is 0 Å². The van der Waals surface area contributed by atoms with Gasteiger partial charge in [0.05, 0.1) is 6.33 Å². The van der Waals surface area contributed by atoms with Crippen molar-refractivity contribution in [2.75, 3.05) is 11.1 Å². The second kappa shape index (κ2) is 8.39.